The van der Waals surface area contributed by atoms with Gasteiger partial charge in [0.25, 0.3) is 0 Å². The Balaban J connectivity index is 1.29. The summed E-state index contributed by atoms with van der Waals surface area (Å²) >= 11 is 0. The molecule has 4 heterocycles. The number of para-hydroxylation sites is 1. The van der Waals surface area contributed by atoms with Gasteiger partial charge in [0.05, 0.1) is 24.2 Å². The fourth-order valence-corrected chi connectivity index (χ4v) is 7.19. The molecular formula is C32H41N7O2. The van der Waals surface area contributed by atoms with Gasteiger partial charge in [-0.25, -0.2) is 0 Å². The van der Waals surface area contributed by atoms with Crippen molar-refractivity contribution in [3.8, 4) is 12.1 Å². The number of amides is 1. The third-order valence-corrected chi connectivity index (χ3v) is 9.44. The molecule has 2 fully saturated rings. The average molecular weight is 556 g/mol. The van der Waals surface area contributed by atoms with Crippen LogP contribution in [0, 0.1) is 11.3 Å². The minimum absolute atomic E-state index is 0.121. The molecule has 41 heavy (non-hydrogen) atoms. The highest BCUT2D eigenvalue weighted by molar-refractivity contribution is 5.87. The van der Waals surface area contributed by atoms with Crippen molar-refractivity contribution in [2.24, 2.45) is 0 Å². The van der Waals surface area contributed by atoms with Gasteiger partial charge in [-0.1, -0.05) is 24.8 Å². The number of likely N-dealkylation sites (tertiary alicyclic amines) is 1. The number of fused-ring (bicyclic) bond motifs is 2. The van der Waals surface area contributed by atoms with Crippen molar-refractivity contribution in [1.82, 2.24) is 19.8 Å². The molecule has 3 atom stereocenters. The van der Waals surface area contributed by atoms with Gasteiger partial charge in [-0.2, -0.15) is 15.2 Å². The Hall–Kier alpha value is -3.64. The van der Waals surface area contributed by atoms with Crippen LogP contribution in [-0.2, 0) is 24.1 Å². The van der Waals surface area contributed by atoms with E-state index < -0.39 is 0 Å². The number of carbonyl (C=O) groups is 1. The number of piperazine rings is 1. The molecule has 6 rings (SSSR count). The van der Waals surface area contributed by atoms with E-state index in [-0.39, 0.29) is 18.4 Å². The molecular weight excluding hydrogens is 514 g/mol. The Bertz CT molecular complexity index is 1320. The van der Waals surface area contributed by atoms with E-state index in [4.69, 9.17) is 14.7 Å². The predicted octanol–water partition coefficient (Wildman–Crippen LogP) is 3.38. The minimum atomic E-state index is -0.206. The molecule has 0 saturated carbocycles. The Morgan fingerprint density at radius 2 is 2.00 bits per heavy atom. The molecule has 0 spiro atoms. The van der Waals surface area contributed by atoms with Gasteiger partial charge in [0.1, 0.15) is 12.4 Å². The van der Waals surface area contributed by atoms with E-state index in [0.717, 1.165) is 56.7 Å². The van der Waals surface area contributed by atoms with Crippen LogP contribution in [0.25, 0.3) is 0 Å². The number of carbonyl (C=O) groups excluding carboxylic acids is 1. The first-order valence-electron chi connectivity index (χ1n) is 15.2. The number of nitriles is 1. The van der Waals surface area contributed by atoms with Crippen molar-refractivity contribution in [2.45, 2.75) is 69.5 Å². The topological polar surface area (TPSA) is 88.8 Å². The SMILES string of the molecule is C=CC(=O)N1CCN(c2nc(OC[C@@H]3CCCN3C)nc3c2CC[C@@H](N2CCCc4ccccc42)C3)C[C@@H]1CC#N. The molecule has 0 unspecified atom stereocenters. The van der Waals surface area contributed by atoms with Gasteiger partial charge >= 0.3 is 6.01 Å². The van der Waals surface area contributed by atoms with Crippen LogP contribution in [0.3, 0.4) is 0 Å². The number of nitrogens with zero attached hydrogens (tertiary/aromatic N) is 7. The maximum atomic E-state index is 12.5. The summed E-state index contributed by atoms with van der Waals surface area (Å²) in [6.07, 6.45) is 9.04. The van der Waals surface area contributed by atoms with E-state index in [1.165, 1.54) is 35.7 Å². The van der Waals surface area contributed by atoms with Gasteiger partial charge < -0.3 is 24.3 Å². The highest BCUT2D eigenvalue weighted by Crippen LogP contribution is 2.37. The summed E-state index contributed by atoms with van der Waals surface area (Å²) in [4.78, 5) is 31.5. The van der Waals surface area contributed by atoms with Gasteiger partial charge in [-0.3, -0.25) is 4.79 Å². The van der Waals surface area contributed by atoms with Gasteiger partial charge in [-0.15, -0.1) is 0 Å². The molecule has 0 radical (unpaired) electrons. The first kappa shape index (κ1) is 27.5. The molecule has 216 valence electrons. The average Bonchev–Trinajstić information content (AvgIpc) is 3.43. The van der Waals surface area contributed by atoms with Crippen LogP contribution in [0.2, 0.25) is 0 Å². The number of likely N-dealkylation sites (N-methyl/N-ethyl adjacent to an activating group) is 1. The maximum Gasteiger partial charge on any atom is 0.318 e. The maximum absolute atomic E-state index is 12.5. The lowest BCUT2D eigenvalue weighted by molar-refractivity contribution is -0.128. The predicted molar refractivity (Wildman–Crippen MR) is 159 cm³/mol. The summed E-state index contributed by atoms with van der Waals surface area (Å²) in [7, 11) is 2.15. The van der Waals surface area contributed by atoms with Crippen molar-refractivity contribution in [3.05, 3.63) is 53.7 Å². The highest BCUT2D eigenvalue weighted by atomic mass is 16.5. The normalized spacial score (nSPS) is 24.4. The van der Waals surface area contributed by atoms with E-state index in [0.29, 0.717) is 44.3 Å². The van der Waals surface area contributed by atoms with E-state index >= 15 is 0 Å². The standard InChI is InChI=1S/C32H41N7O2/c1-3-30(40)39-19-18-37(21-25(39)14-15-33)31-27-13-12-24(38-17-6-9-23-8-4-5-11-29(23)38)20-28(27)34-32(35-31)41-22-26-10-7-16-36(26)2/h3-5,8,11,24-26H,1,6-7,9-10,12-14,16-22H2,2H3/t24-,25+,26+/m1/s1. The summed E-state index contributed by atoms with van der Waals surface area (Å²) in [5, 5.41) is 9.52. The largest absolute Gasteiger partial charge is 0.462 e. The summed E-state index contributed by atoms with van der Waals surface area (Å²) < 4.78 is 6.31. The van der Waals surface area contributed by atoms with Gasteiger partial charge in [0, 0.05) is 55.9 Å². The third kappa shape index (κ3) is 5.62. The Kier molecular flexibility index (Phi) is 8.11. The molecule has 1 aliphatic carbocycles. The number of ether oxygens (including phenoxy) is 1. The van der Waals surface area contributed by atoms with Crippen molar-refractivity contribution in [1.29, 1.82) is 5.26 Å². The fourth-order valence-electron chi connectivity index (χ4n) is 7.19. The number of benzene rings is 1. The number of rotatable bonds is 7. The van der Waals surface area contributed by atoms with Crippen molar-refractivity contribution in [2.75, 3.05) is 56.2 Å². The van der Waals surface area contributed by atoms with Gasteiger partial charge in [0.15, 0.2) is 0 Å². The number of hydrogen-bond acceptors (Lipinski definition) is 8. The van der Waals surface area contributed by atoms with Gasteiger partial charge in [-0.05, 0) is 69.8 Å². The lowest BCUT2D eigenvalue weighted by atomic mass is 9.88. The Morgan fingerprint density at radius 3 is 2.80 bits per heavy atom. The first-order valence-corrected chi connectivity index (χ1v) is 15.2. The number of hydrogen-bond donors (Lipinski definition) is 0. The van der Waals surface area contributed by atoms with Crippen molar-refractivity contribution >= 4 is 17.4 Å². The quantitative estimate of drug-likeness (QED) is 0.481. The smallest absolute Gasteiger partial charge is 0.318 e. The Morgan fingerprint density at radius 1 is 1.12 bits per heavy atom. The molecule has 2 saturated heterocycles. The van der Waals surface area contributed by atoms with Crippen LogP contribution in [0.15, 0.2) is 36.9 Å². The molecule has 9 nitrogen and oxygen atoms in total. The van der Waals surface area contributed by atoms with Crippen LogP contribution in [0.4, 0.5) is 11.5 Å². The van der Waals surface area contributed by atoms with Crippen LogP contribution in [0.1, 0.15) is 48.9 Å². The summed E-state index contributed by atoms with van der Waals surface area (Å²) in [5.74, 6) is 0.792. The molecule has 2 aromatic rings. The van der Waals surface area contributed by atoms with Crippen LogP contribution < -0.4 is 14.5 Å². The van der Waals surface area contributed by atoms with Crippen LogP contribution >= 0.6 is 0 Å². The lowest BCUT2D eigenvalue weighted by Crippen LogP contribution is -2.55. The molecule has 1 aromatic carbocycles. The van der Waals surface area contributed by atoms with Crippen LogP contribution in [-0.4, -0.2) is 90.2 Å². The molecule has 0 N–H and O–H groups in total. The zero-order valence-electron chi connectivity index (χ0n) is 24.2. The van der Waals surface area contributed by atoms with E-state index in [9.17, 15) is 10.1 Å². The molecule has 4 aliphatic rings. The third-order valence-electron chi connectivity index (χ3n) is 9.44. The van der Waals surface area contributed by atoms with Crippen molar-refractivity contribution < 1.29 is 9.53 Å². The zero-order valence-corrected chi connectivity index (χ0v) is 24.2. The molecule has 9 heteroatoms. The second kappa shape index (κ2) is 12.1. The van der Waals surface area contributed by atoms with E-state index in [1.807, 2.05) is 0 Å². The second-order valence-electron chi connectivity index (χ2n) is 11.9. The van der Waals surface area contributed by atoms with Gasteiger partial charge in [0.2, 0.25) is 5.91 Å². The van der Waals surface area contributed by atoms with E-state index in [2.05, 4.69) is 58.7 Å². The summed E-state index contributed by atoms with van der Waals surface area (Å²) in [5.41, 5.74) is 5.07. The highest BCUT2D eigenvalue weighted by Gasteiger charge is 2.35. The summed E-state index contributed by atoms with van der Waals surface area (Å²) in [6, 6.07) is 12.1. The number of aromatic nitrogens is 2. The summed E-state index contributed by atoms with van der Waals surface area (Å²) in [6.45, 7) is 8.15. The number of aryl methyl sites for hydroxylation is 1. The molecule has 1 amide bonds. The van der Waals surface area contributed by atoms with Crippen molar-refractivity contribution in [3.63, 3.8) is 0 Å². The molecule has 1 aromatic heterocycles. The zero-order chi connectivity index (χ0) is 28.3. The monoisotopic (exact) mass is 555 g/mol. The minimum Gasteiger partial charge on any atom is -0.462 e. The second-order valence-corrected chi connectivity index (χ2v) is 11.9. The lowest BCUT2D eigenvalue weighted by Gasteiger charge is -2.43. The molecule has 3 aliphatic heterocycles. The van der Waals surface area contributed by atoms with Crippen LogP contribution in [0.5, 0.6) is 6.01 Å². The fraction of sp³-hybridized carbons (Fsp3) is 0.562. The van der Waals surface area contributed by atoms with E-state index in [1.54, 1.807) is 4.90 Å². The molecule has 0 bridgehead atoms. The Labute approximate surface area is 243 Å². The first-order chi connectivity index (χ1) is 20.1. The number of anilines is 2.